The molecule has 0 atom stereocenters. The smallest absolute Gasteiger partial charge is 0.332 e. The van der Waals surface area contributed by atoms with Crippen molar-refractivity contribution in [3.05, 3.63) is 48.7 Å². The number of imidazole rings is 1. The normalized spacial score (nSPS) is 15.3. The number of nitrogens with zero attached hydrogens (tertiary/aromatic N) is 7. The maximum Gasteiger partial charge on any atom is 0.332 e. The van der Waals surface area contributed by atoms with E-state index in [0.717, 1.165) is 17.7 Å². The molecule has 154 valence electrons. The average molecular weight is 421 g/mol. The van der Waals surface area contributed by atoms with Gasteiger partial charge in [-0.2, -0.15) is 5.10 Å². The predicted molar refractivity (Wildman–Crippen MR) is 109 cm³/mol. The number of rotatable bonds is 4. The molecule has 0 bridgehead atoms. The molecule has 0 unspecified atom stereocenters. The summed E-state index contributed by atoms with van der Waals surface area (Å²) in [5.41, 5.74) is 0.215. The first-order chi connectivity index (χ1) is 13.9. The fourth-order valence-electron chi connectivity index (χ4n) is 3.68. The topological polar surface area (TPSA) is 114 Å². The maximum absolute atomic E-state index is 12.5. The lowest BCUT2D eigenvalue weighted by molar-refractivity contribution is 0.249. The molecule has 1 fully saturated rings. The fraction of sp³-hybridized carbons (Fsp3) is 0.471. The molecule has 1 aliphatic heterocycles. The molecule has 4 rings (SSSR count). The molecule has 12 heteroatoms. The first kappa shape index (κ1) is 19.4. The highest BCUT2D eigenvalue weighted by atomic mass is 35.5. The van der Waals surface area contributed by atoms with Crippen LogP contribution in [0.5, 0.6) is 0 Å². The first-order valence-electron chi connectivity index (χ1n) is 9.20. The summed E-state index contributed by atoms with van der Waals surface area (Å²) in [7, 11) is 3.07. The summed E-state index contributed by atoms with van der Waals surface area (Å²) in [5, 5.41) is 6.46. The van der Waals surface area contributed by atoms with Crippen molar-refractivity contribution in [1.82, 2.24) is 33.8 Å². The third-order valence-corrected chi connectivity index (χ3v) is 5.62. The Kier molecular flexibility index (Phi) is 5.01. The van der Waals surface area contributed by atoms with Gasteiger partial charge in [-0.3, -0.25) is 23.6 Å². The Hall–Kier alpha value is -2.92. The molecule has 1 aliphatic rings. The monoisotopic (exact) mass is 420 g/mol. The summed E-state index contributed by atoms with van der Waals surface area (Å²) in [5.74, 6) is 0. The van der Waals surface area contributed by atoms with Crippen molar-refractivity contribution in [3.8, 4) is 0 Å². The quantitative estimate of drug-likeness (QED) is 0.575. The number of piperazine rings is 1. The van der Waals surface area contributed by atoms with E-state index < -0.39 is 5.69 Å². The fourth-order valence-corrected chi connectivity index (χ4v) is 3.93. The van der Waals surface area contributed by atoms with Gasteiger partial charge in [0.2, 0.25) is 0 Å². The summed E-state index contributed by atoms with van der Waals surface area (Å²) in [4.78, 5) is 45.0. The van der Waals surface area contributed by atoms with Crippen molar-refractivity contribution in [1.29, 1.82) is 0 Å². The summed E-state index contributed by atoms with van der Waals surface area (Å²) in [6.07, 6.45) is 3.03. The molecule has 1 N–H and O–H groups in total. The number of fused-ring (bicyclic) bond motifs is 1. The summed E-state index contributed by atoms with van der Waals surface area (Å²) >= 11 is 6.13. The van der Waals surface area contributed by atoms with Gasteiger partial charge in [-0.1, -0.05) is 11.6 Å². The SMILES string of the molecule is Cn1c(=O)c2c(ncn2CCN2CCN(c3c(Cl)cn[nH]c3=O)CC2)n(C)c1=O. The molecule has 0 amide bonds. The van der Waals surface area contributed by atoms with Crippen LogP contribution in [0.4, 0.5) is 5.69 Å². The molecule has 0 aromatic carbocycles. The van der Waals surface area contributed by atoms with Crippen LogP contribution in [0, 0.1) is 0 Å². The van der Waals surface area contributed by atoms with Crippen LogP contribution >= 0.6 is 11.6 Å². The standard InChI is InChI=1S/C17H21ClN8O3/c1-22-14-13(16(28)23(2)17(22)29)26(10-19-14)8-5-24-3-6-25(7-4-24)12-11(18)9-20-21-15(12)27/h9-10H,3-8H2,1-2H3,(H,21,27). The zero-order valence-corrected chi connectivity index (χ0v) is 16.9. The van der Waals surface area contributed by atoms with Crippen LogP contribution in [0.1, 0.15) is 0 Å². The maximum atomic E-state index is 12.5. The van der Waals surface area contributed by atoms with Crippen LogP contribution in [0.2, 0.25) is 5.02 Å². The zero-order valence-electron chi connectivity index (χ0n) is 16.1. The molecule has 0 spiro atoms. The highest BCUT2D eigenvalue weighted by Crippen LogP contribution is 2.20. The molecule has 29 heavy (non-hydrogen) atoms. The van der Waals surface area contributed by atoms with Crippen molar-refractivity contribution < 1.29 is 0 Å². The lowest BCUT2D eigenvalue weighted by atomic mass is 10.3. The minimum Gasteiger partial charge on any atom is -0.363 e. The third kappa shape index (κ3) is 3.36. The largest absolute Gasteiger partial charge is 0.363 e. The molecule has 4 heterocycles. The Morgan fingerprint density at radius 1 is 1.07 bits per heavy atom. The first-order valence-corrected chi connectivity index (χ1v) is 9.57. The van der Waals surface area contributed by atoms with Crippen LogP contribution < -0.4 is 21.7 Å². The Morgan fingerprint density at radius 2 is 1.79 bits per heavy atom. The van der Waals surface area contributed by atoms with Gasteiger partial charge in [0.1, 0.15) is 5.69 Å². The van der Waals surface area contributed by atoms with Crippen molar-refractivity contribution in [2.24, 2.45) is 14.1 Å². The predicted octanol–water partition coefficient (Wildman–Crippen LogP) is -1.01. The number of hydrogen-bond acceptors (Lipinski definition) is 7. The number of halogens is 1. The van der Waals surface area contributed by atoms with E-state index >= 15 is 0 Å². The number of nitrogens with one attached hydrogen (secondary N) is 1. The number of hydrogen-bond donors (Lipinski definition) is 1. The number of anilines is 1. The highest BCUT2D eigenvalue weighted by molar-refractivity contribution is 6.33. The van der Waals surface area contributed by atoms with Crippen molar-refractivity contribution in [3.63, 3.8) is 0 Å². The van der Waals surface area contributed by atoms with E-state index in [1.165, 1.54) is 17.8 Å². The Bertz CT molecular complexity index is 1230. The number of aryl methyl sites for hydroxylation is 1. The number of aromatic amines is 1. The van der Waals surface area contributed by atoms with Crippen LogP contribution in [-0.2, 0) is 20.6 Å². The second-order valence-corrected chi connectivity index (χ2v) is 7.45. The highest BCUT2D eigenvalue weighted by Gasteiger charge is 2.22. The third-order valence-electron chi connectivity index (χ3n) is 5.35. The van der Waals surface area contributed by atoms with E-state index in [4.69, 9.17) is 11.6 Å². The number of aromatic nitrogens is 6. The van der Waals surface area contributed by atoms with Gasteiger partial charge >= 0.3 is 5.69 Å². The van der Waals surface area contributed by atoms with Crippen molar-refractivity contribution >= 4 is 28.5 Å². The zero-order chi connectivity index (χ0) is 20.7. The minimum absolute atomic E-state index is 0.294. The Morgan fingerprint density at radius 3 is 2.48 bits per heavy atom. The summed E-state index contributed by atoms with van der Waals surface area (Å²) < 4.78 is 4.26. The van der Waals surface area contributed by atoms with Gasteiger partial charge in [0, 0.05) is 53.4 Å². The van der Waals surface area contributed by atoms with Gasteiger partial charge in [0.15, 0.2) is 11.2 Å². The lowest BCUT2D eigenvalue weighted by Crippen LogP contribution is -2.48. The van der Waals surface area contributed by atoms with Crippen LogP contribution in [0.25, 0.3) is 11.2 Å². The second-order valence-electron chi connectivity index (χ2n) is 7.04. The molecular weight excluding hydrogens is 400 g/mol. The Labute approximate surface area is 169 Å². The second kappa shape index (κ2) is 7.48. The van der Waals surface area contributed by atoms with Gasteiger partial charge in [0.05, 0.1) is 17.5 Å². The molecule has 3 aromatic heterocycles. The van der Waals surface area contributed by atoms with Gasteiger partial charge < -0.3 is 9.47 Å². The van der Waals surface area contributed by atoms with E-state index in [2.05, 4.69) is 20.1 Å². The lowest BCUT2D eigenvalue weighted by Gasteiger charge is -2.35. The van der Waals surface area contributed by atoms with Crippen LogP contribution in [0.3, 0.4) is 0 Å². The van der Waals surface area contributed by atoms with E-state index in [0.29, 0.717) is 48.1 Å². The van der Waals surface area contributed by atoms with E-state index in [1.54, 1.807) is 17.9 Å². The molecule has 0 radical (unpaired) electrons. The summed E-state index contributed by atoms with van der Waals surface area (Å²) in [6.45, 7) is 4.11. The Balaban J connectivity index is 1.46. The molecule has 3 aromatic rings. The van der Waals surface area contributed by atoms with Crippen LogP contribution in [-0.4, -0.2) is 66.5 Å². The minimum atomic E-state index is -0.395. The van der Waals surface area contributed by atoms with Crippen molar-refractivity contribution in [2.75, 3.05) is 37.6 Å². The van der Waals surface area contributed by atoms with Gasteiger partial charge in [0.25, 0.3) is 11.1 Å². The van der Waals surface area contributed by atoms with E-state index in [-0.39, 0.29) is 11.1 Å². The van der Waals surface area contributed by atoms with Crippen LogP contribution in [0.15, 0.2) is 26.9 Å². The van der Waals surface area contributed by atoms with Gasteiger partial charge in [-0.05, 0) is 0 Å². The molecular formula is C17H21ClN8O3. The molecule has 0 aliphatic carbocycles. The summed E-state index contributed by atoms with van der Waals surface area (Å²) in [6, 6.07) is 0. The van der Waals surface area contributed by atoms with E-state index in [1.807, 2.05) is 4.90 Å². The van der Waals surface area contributed by atoms with Gasteiger partial charge in [-0.25, -0.2) is 14.9 Å². The molecule has 0 saturated carbocycles. The van der Waals surface area contributed by atoms with E-state index in [9.17, 15) is 14.4 Å². The van der Waals surface area contributed by atoms with Gasteiger partial charge in [-0.15, -0.1) is 0 Å². The number of H-pyrrole nitrogens is 1. The van der Waals surface area contributed by atoms with Crippen molar-refractivity contribution in [2.45, 2.75) is 6.54 Å². The average Bonchev–Trinajstić information content (AvgIpc) is 3.14. The molecule has 11 nitrogen and oxygen atoms in total. The molecule has 1 saturated heterocycles.